The molecule has 0 N–H and O–H groups in total. The van der Waals surface area contributed by atoms with E-state index in [0.717, 1.165) is 65.9 Å². The molecular weight excluding hydrogens is 645 g/mol. The maximum atomic E-state index is 6.52. The molecule has 11 aromatic rings. The van der Waals surface area contributed by atoms with Crippen LogP contribution in [-0.4, -0.2) is 29.1 Å². The normalized spacial score (nSPS) is 11.8. The molecule has 0 spiro atoms. The average Bonchev–Trinajstić information content (AvgIpc) is 4.02. The van der Waals surface area contributed by atoms with Crippen LogP contribution in [0.5, 0.6) is 0 Å². The number of para-hydroxylation sites is 3. The van der Waals surface area contributed by atoms with E-state index in [-0.39, 0.29) is 0 Å². The lowest BCUT2D eigenvalue weighted by molar-refractivity contribution is 0.534. The van der Waals surface area contributed by atoms with Crippen molar-refractivity contribution >= 4 is 54.7 Å². The van der Waals surface area contributed by atoms with Gasteiger partial charge in [0.05, 0.1) is 34.0 Å². The molecular formula is C44H26N6O2. The molecule has 0 unspecified atom stereocenters. The minimum Gasteiger partial charge on any atom is -0.459 e. The first-order valence-electron chi connectivity index (χ1n) is 17.1. The molecule has 0 atom stereocenters. The lowest BCUT2D eigenvalue weighted by Crippen LogP contribution is -2.07. The van der Waals surface area contributed by atoms with Gasteiger partial charge < -0.3 is 13.4 Å². The summed E-state index contributed by atoms with van der Waals surface area (Å²) in [5.41, 5.74) is 8.08. The molecule has 0 fully saturated rings. The van der Waals surface area contributed by atoms with Crippen LogP contribution in [-0.2, 0) is 0 Å². The van der Waals surface area contributed by atoms with Crippen molar-refractivity contribution in [2.45, 2.75) is 0 Å². The summed E-state index contributed by atoms with van der Waals surface area (Å²) in [6.07, 6.45) is 1.63. The molecule has 0 saturated heterocycles. The Bertz CT molecular complexity index is 3060. The Balaban J connectivity index is 1.30. The van der Waals surface area contributed by atoms with Crippen LogP contribution in [0.2, 0.25) is 0 Å². The fourth-order valence-corrected chi connectivity index (χ4v) is 7.47. The smallest absolute Gasteiger partial charge is 0.264 e. The van der Waals surface area contributed by atoms with Gasteiger partial charge in [0, 0.05) is 32.7 Å². The summed E-state index contributed by atoms with van der Waals surface area (Å²) < 4.78 is 16.7. The predicted molar refractivity (Wildman–Crippen MR) is 205 cm³/mol. The molecule has 244 valence electrons. The third-order valence-corrected chi connectivity index (χ3v) is 9.72. The van der Waals surface area contributed by atoms with Gasteiger partial charge in [-0.1, -0.05) is 115 Å². The van der Waals surface area contributed by atoms with Crippen molar-refractivity contribution in [1.29, 1.82) is 0 Å². The second-order valence-corrected chi connectivity index (χ2v) is 12.7. The zero-order valence-corrected chi connectivity index (χ0v) is 27.5. The summed E-state index contributed by atoms with van der Waals surface area (Å²) in [6.45, 7) is 0. The molecule has 0 aliphatic heterocycles. The van der Waals surface area contributed by atoms with Crippen molar-refractivity contribution in [3.05, 3.63) is 158 Å². The monoisotopic (exact) mass is 670 g/mol. The van der Waals surface area contributed by atoms with Gasteiger partial charge in [0.15, 0.2) is 23.0 Å². The van der Waals surface area contributed by atoms with E-state index in [1.165, 1.54) is 0 Å². The molecule has 52 heavy (non-hydrogen) atoms. The highest BCUT2D eigenvalue weighted by Gasteiger charge is 2.25. The van der Waals surface area contributed by atoms with Crippen LogP contribution in [0.1, 0.15) is 0 Å². The van der Waals surface area contributed by atoms with Crippen molar-refractivity contribution in [3.8, 4) is 46.1 Å². The Morgan fingerprint density at radius 1 is 0.442 bits per heavy atom. The fourth-order valence-electron chi connectivity index (χ4n) is 7.47. The van der Waals surface area contributed by atoms with Gasteiger partial charge in [-0.3, -0.25) is 4.57 Å². The van der Waals surface area contributed by atoms with Crippen LogP contribution in [0.3, 0.4) is 0 Å². The van der Waals surface area contributed by atoms with Gasteiger partial charge in [0.25, 0.3) is 5.89 Å². The highest BCUT2D eigenvalue weighted by molar-refractivity contribution is 6.24. The molecule has 11 rings (SSSR count). The molecule has 6 aromatic carbocycles. The number of rotatable bonds is 5. The van der Waals surface area contributed by atoms with E-state index in [1.54, 1.807) is 6.26 Å². The summed E-state index contributed by atoms with van der Waals surface area (Å²) in [7, 11) is 0. The Labute approximate surface area is 295 Å². The highest BCUT2D eigenvalue weighted by atomic mass is 16.4. The number of furan rings is 1. The molecule has 5 aromatic heterocycles. The average molecular weight is 671 g/mol. The predicted octanol–water partition coefficient (Wildman–Crippen LogP) is 10.8. The van der Waals surface area contributed by atoms with E-state index in [2.05, 4.69) is 75.9 Å². The zero-order chi connectivity index (χ0) is 34.2. The van der Waals surface area contributed by atoms with Crippen LogP contribution >= 0.6 is 0 Å². The highest BCUT2D eigenvalue weighted by Crippen LogP contribution is 2.43. The number of fused-ring (bicyclic) bond motifs is 8. The molecule has 0 radical (unpaired) electrons. The molecule has 5 heterocycles. The van der Waals surface area contributed by atoms with Crippen LogP contribution in [0.25, 0.3) is 101 Å². The first-order chi connectivity index (χ1) is 25.8. The van der Waals surface area contributed by atoms with E-state index >= 15 is 0 Å². The van der Waals surface area contributed by atoms with Crippen molar-refractivity contribution < 1.29 is 8.83 Å². The Hall–Kier alpha value is -7.32. The van der Waals surface area contributed by atoms with Gasteiger partial charge in [0.1, 0.15) is 5.52 Å². The minimum atomic E-state index is 0.430. The zero-order valence-electron chi connectivity index (χ0n) is 27.5. The summed E-state index contributed by atoms with van der Waals surface area (Å²) in [6, 6.07) is 51.3. The van der Waals surface area contributed by atoms with Crippen LogP contribution in [0.15, 0.2) is 167 Å². The summed E-state index contributed by atoms with van der Waals surface area (Å²) in [4.78, 5) is 20.2. The molecule has 8 heteroatoms. The van der Waals surface area contributed by atoms with E-state index in [0.29, 0.717) is 34.8 Å². The third-order valence-electron chi connectivity index (χ3n) is 9.72. The summed E-state index contributed by atoms with van der Waals surface area (Å²) in [5.74, 6) is 2.73. The summed E-state index contributed by atoms with van der Waals surface area (Å²) in [5, 5.41) is 4.38. The number of aromatic nitrogens is 6. The Morgan fingerprint density at radius 3 is 1.67 bits per heavy atom. The quantitative estimate of drug-likeness (QED) is 0.181. The third kappa shape index (κ3) is 4.21. The van der Waals surface area contributed by atoms with Crippen LogP contribution in [0.4, 0.5) is 0 Å². The van der Waals surface area contributed by atoms with Gasteiger partial charge in [-0.15, -0.1) is 0 Å². The number of benzene rings is 6. The summed E-state index contributed by atoms with van der Waals surface area (Å²) >= 11 is 0. The largest absolute Gasteiger partial charge is 0.459 e. The fraction of sp³-hybridized carbons (Fsp3) is 0. The van der Waals surface area contributed by atoms with Gasteiger partial charge in [-0.2, -0.15) is 9.97 Å². The van der Waals surface area contributed by atoms with E-state index in [9.17, 15) is 0 Å². The van der Waals surface area contributed by atoms with Crippen molar-refractivity contribution in [1.82, 2.24) is 29.1 Å². The van der Waals surface area contributed by atoms with E-state index < -0.39 is 0 Å². The van der Waals surface area contributed by atoms with Gasteiger partial charge in [-0.25, -0.2) is 9.97 Å². The molecule has 0 amide bonds. The van der Waals surface area contributed by atoms with E-state index in [1.807, 2.05) is 84.9 Å². The molecule has 0 aliphatic carbocycles. The topological polar surface area (TPSA) is 87.7 Å². The standard InChI is InChI=1S/C44H26N6O2/c1-3-13-27(14-4-1)41-46-42(28-15-5-2-6-16-28)48-44(47-41)50-35-21-10-8-18-30(35)32-25-24-31-29-17-7-9-20-34(29)49(38(31)39(32)50)36-22-11-19-33-40(36)52-43(45-33)37-23-12-26-51-37/h1-26H. The number of oxazole rings is 1. The molecule has 8 nitrogen and oxygen atoms in total. The van der Waals surface area contributed by atoms with Crippen molar-refractivity contribution in [3.63, 3.8) is 0 Å². The number of hydrogen-bond acceptors (Lipinski definition) is 6. The van der Waals surface area contributed by atoms with Gasteiger partial charge >= 0.3 is 0 Å². The van der Waals surface area contributed by atoms with Gasteiger partial charge in [0.2, 0.25) is 5.95 Å². The van der Waals surface area contributed by atoms with Crippen molar-refractivity contribution in [2.75, 3.05) is 0 Å². The maximum Gasteiger partial charge on any atom is 0.264 e. The maximum absolute atomic E-state index is 6.52. The minimum absolute atomic E-state index is 0.430. The lowest BCUT2D eigenvalue weighted by Gasteiger charge is -2.13. The number of hydrogen-bond donors (Lipinski definition) is 0. The van der Waals surface area contributed by atoms with Crippen LogP contribution < -0.4 is 0 Å². The Morgan fingerprint density at radius 2 is 1.04 bits per heavy atom. The van der Waals surface area contributed by atoms with Crippen LogP contribution in [0, 0.1) is 0 Å². The van der Waals surface area contributed by atoms with E-state index in [4.69, 9.17) is 28.8 Å². The van der Waals surface area contributed by atoms with Crippen molar-refractivity contribution in [2.24, 2.45) is 0 Å². The first kappa shape index (κ1) is 28.5. The second-order valence-electron chi connectivity index (χ2n) is 12.7. The number of nitrogens with zero attached hydrogens (tertiary/aromatic N) is 6. The lowest BCUT2D eigenvalue weighted by atomic mass is 10.1. The first-order valence-corrected chi connectivity index (χ1v) is 17.1. The van der Waals surface area contributed by atoms with Gasteiger partial charge in [-0.05, 0) is 36.4 Å². The SMILES string of the molecule is c1ccc(-c2nc(-c3ccccc3)nc(-n3c4ccccc4c4ccc5c6ccccc6n(-c6cccc7nc(-c8ccco8)oc67)c5c43)n2)cc1. The second kappa shape index (κ2) is 11.1. The molecule has 0 saturated carbocycles. The Kier molecular flexibility index (Phi) is 6.08. The molecule has 0 bridgehead atoms. The molecule has 0 aliphatic rings.